The average Bonchev–Trinajstić information content (AvgIpc) is 3.58. The standard InChI is InChI=1S/C46H31N3S/c1-30-11-10-16-37(29-30)45-47-44(36-25-23-34(24-26-36)33-21-19-32(20-22-33)31-12-4-2-5-13-31)48-46(49-45)40-28-27-38(35-14-6-3-7-15-35)42-39-17-8-9-18-41(39)50-43(40)42/h2-29H,1H3. The lowest BCUT2D eigenvalue weighted by Gasteiger charge is -2.12. The van der Waals surface area contributed by atoms with Crippen LogP contribution in [0.5, 0.6) is 0 Å². The fourth-order valence-electron chi connectivity index (χ4n) is 6.70. The Labute approximate surface area is 295 Å². The highest BCUT2D eigenvalue weighted by atomic mass is 32.1. The predicted molar refractivity (Wildman–Crippen MR) is 210 cm³/mol. The zero-order chi connectivity index (χ0) is 33.4. The molecule has 9 rings (SSSR count). The van der Waals surface area contributed by atoms with Gasteiger partial charge in [-0.25, -0.2) is 15.0 Å². The van der Waals surface area contributed by atoms with Crippen LogP contribution in [0.15, 0.2) is 170 Å². The van der Waals surface area contributed by atoms with Gasteiger partial charge in [-0.1, -0.05) is 157 Å². The maximum Gasteiger partial charge on any atom is 0.165 e. The number of nitrogens with zero attached hydrogens (tertiary/aromatic N) is 3. The summed E-state index contributed by atoms with van der Waals surface area (Å²) < 4.78 is 2.42. The third kappa shape index (κ3) is 5.56. The first-order valence-corrected chi connectivity index (χ1v) is 17.6. The molecule has 2 heterocycles. The van der Waals surface area contributed by atoms with Gasteiger partial charge in [0.1, 0.15) is 0 Å². The molecule has 0 bridgehead atoms. The minimum absolute atomic E-state index is 0.652. The number of aromatic nitrogens is 3. The van der Waals surface area contributed by atoms with Crippen molar-refractivity contribution < 1.29 is 0 Å². The summed E-state index contributed by atoms with van der Waals surface area (Å²) in [6, 6.07) is 59.8. The van der Waals surface area contributed by atoms with Crippen LogP contribution >= 0.6 is 11.3 Å². The molecule has 0 N–H and O–H groups in total. The molecule has 236 valence electrons. The molecule has 7 aromatic carbocycles. The molecule has 9 aromatic rings. The topological polar surface area (TPSA) is 38.7 Å². The van der Waals surface area contributed by atoms with E-state index in [9.17, 15) is 0 Å². The lowest BCUT2D eigenvalue weighted by Crippen LogP contribution is -2.00. The second kappa shape index (κ2) is 12.7. The van der Waals surface area contributed by atoms with Crippen molar-refractivity contribution >= 4 is 31.5 Å². The lowest BCUT2D eigenvalue weighted by molar-refractivity contribution is 1.08. The molecule has 0 amide bonds. The number of hydrogen-bond donors (Lipinski definition) is 0. The van der Waals surface area contributed by atoms with Crippen LogP contribution in [0.2, 0.25) is 0 Å². The molecule has 0 aliphatic carbocycles. The number of rotatable bonds is 6. The highest BCUT2D eigenvalue weighted by Gasteiger charge is 2.19. The predicted octanol–water partition coefficient (Wildman–Crippen LogP) is 12.5. The summed E-state index contributed by atoms with van der Waals surface area (Å²) in [5.74, 6) is 1.98. The third-order valence-electron chi connectivity index (χ3n) is 9.23. The van der Waals surface area contributed by atoms with E-state index in [4.69, 9.17) is 15.0 Å². The Morgan fingerprint density at radius 1 is 0.380 bits per heavy atom. The summed E-state index contributed by atoms with van der Waals surface area (Å²) >= 11 is 1.80. The Bertz CT molecular complexity index is 2630. The molecule has 3 nitrogen and oxygen atoms in total. The normalized spacial score (nSPS) is 11.3. The zero-order valence-electron chi connectivity index (χ0n) is 27.4. The van der Waals surface area contributed by atoms with E-state index in [1.54, 1.807) is 11.3 Å². The number of hydrogen-bond acceptors (Lipinski definition) is 4. The molecule has 0 saturated carbocycles. The summed E-state index contributed by atoms with van der Waals surface area (Å²) in [5.41, 5.74) is 11.2. The number of aryl methyl sites for hydroxylation is 1. The first kappa shape index (κ1) is 29.9. The maximum absolute atomic E-state index is 5.18. The van der Waals surface area contributed by atoms with E-state index in [1.165, 1.54) is 48.0 Å². The lowest BCUT2D eigenvalue weighted by atomic mass is 9.97. The van der Waals surface area contributed by atoms with Gasteiger partial charge in [-0.15, -0.1) is 11.3 Å². The molecule has 50 heavy (non-hydrogen) atoms. The third-order valence-corrected chi connectivity index (χ3v) is 10.4. The molecule has 0 saturated heterocycles. The smallest absolute Gasteiger partial charge is 0.165 e. The van der Waals surface area contributed by atoms with Crippen molar-refractivity contribution in [3.05, 3.63) is 175 Å². The fraction of sp³-hybridized carbons (Fsp3) is 0.0217. The Hall–Kier alpha value is -6.23. The molecule has 0 unspecified atom stereocenters. The first-order valence-electron chi connectivity index (χ1n) is 16.8. The molecule has 0 fully saturated rings. The molecule has 0 atom stereocenters. The van der Waals surface area contributed by atoms with Gasteiger partial charge < -0.3 is 0 Å². The summed E-state index contributed by atoms with van der Waals surface area (Å²) in [4.78, 5) is 15.4. The van der Waals surface area contributed by atoms with Crippen molar-refractivity contribution in [3.63, 3.8) is 0 Å². The van der Waals surface area contributed by atoms with Crippen LogP contribution in [0.1, 0.15) is 5.56 Å². The van der Waals surface area contributed by atoms with Crippen molar-refractivity contribution in [2.75, 3.05) is 0 Å². The SMILES string of the molecule is Cc1cccc(-c2nc(-c3ccc(-c4ccc(-c5ccccc5)cc4)cc3)nc(-c3ccc(-c4ccccc4)c4c3sc3ccccc34)n2)c1. The maximum atomic E-state index is 5.18. The second-order valence-electron chi connectivity index (χ2n) is 12.5. The van der Waals surface area contributed by atoms with Crippen LogP contribution in [-0.4, -0.2) is 15.0 Å². The second-order valence-corrected chi connectivity index (χ2v) is 13.6. The van der Waals surface area contributed by atoms with Crippen LogP contribution in [0.25, 0.3) is 87.7 Å². The van der Waals surface area contributed by atoms with E-state index >= 15 is 0 Å². The van der Waals surface area contributed by atoms with E-state index in [2.05, 4.69) is 171 Å². The number of benzene rings is 7. The largest absolute Gasteiger partial charge is 0.208 e. The Balaban J connectivity index is 1.17. The minimum atomic E-state index is 0.652. The Kier molecular flexibility index (Phi) is 7.57. The molecule has 0 aliphatic rings. The van der Waals surface area contributed by atoms with Gasteiger partial charge in [-0.3, -0.25) is 0 Å². The fourth-order valence-corrected chi connectivity index (χ4v) is 7.94. The number of fused-ring (bicyclic) bond motifs is 3. The molecule has 4 heteroatoms. The quantitative estimate of drug-likeness (QED) is 0.179. The van der Waals surface area contributed by atoms with Crippen molar-refractivity contribution in [1.29, 1.82) is 0 Å². The van der Waals surface area contributed by atoms with Gasteiger partial charge in [-0.2, -0.15) is 0 Å². The van der Waals surface area contributed by atoms with Crippen LogP contribution in [0.4, 0.5) is 0 Å². The summed E-state index contributed by atoms with van der Waals surface area (Å²) in [6.07, 6.45) is 0. The van der Waals surface area contributed by atoms with Gasteiger partial charge in [0.15, 0.2) is 17.5 Å². The van der Waals surface area contributed by atoms with Crippen LogP contribution < -0.4 is 0 Å². The van der Waals surface area contributed by atoms with Gasteiger partial charge >= 0.3 is 0 Å². The van der Waals surface area contributed by atoms with Crippen LogP contribution in [-0.2, 0) is 0 Å². The highest BCUT2D eigenvalue weighted by Crippen LogP contribution is 2.44. The van der Waals surface area contributed by atoms with Crippen molar-refractivity contribution in [2.24, 2.45) is 0 Å². The van der Waals surface area contributed by atoms with Crippen molar-refractivity contribution in [2.45, 2.75) is 6.92 Å². The molecule has 0 spiro atoms. The first-order chi connectivity index (χ1) is 24.7. The minimum Gasteiger partial charge on any atom is -0.208 e. The van der Waals surface area contributed by atoms with Gasteiger partial charge in [0.25, 0.3) is 0 Å². The van der Waals surface area contributed by atoms with Crippen molar-refractivity contribution in [1.82, 2.24) is 15.0 Å². The van der Waals surface area contributed by atoms with E-state index < -0.39 is 0 Å². The summed E-state index contributed by atoms with van der Waals surface area (Å²) in [7, 11) is 0. The van der Waals surface area contributed by atoms with Gasteiger partial charge in [-0.05, 0) is 58.5 Å². The molecular weight excluding hydrogens is 627 g/mol. The summed E-state index contributed by atoms with van der Waals surface area (Å²) in [5, 5.41) is 2.48. The Morgan fingerprint density at radius 3 is 1.54 bits per heavy atom. The van der Waals surface area contributed by atoms with Crippen LogP contribution in [0, 0.1) is 6.92 Å². The number of thiophene rings is 1. The van der Waals surface area contributed by atoms with E-state index in [1.807, 2.05) is 6.07 Å². The molecular formula is C46H31N3S. The molecule has 2 aromatic heterocycles. The monoisotopic (exact) mass is 657 g/mol. The Morgan fingerprint density at radius 2 is 0.880 bits per heavy atom. The van der Waals surface area contributed by atoms with Gasteiger partial charge in [0, 0.05) is 36.9 Å². The molecule has 0 radical (unpaired) electrons. The highest BCUT2D eigenvalue weighted by molar-refractivity contribution is 7.26. The van der Waals surface area contributed by atoms with E-state index in [0.717, 1.165) is 27.8 Å². The van der Waals surface area contributed by atoms with Gasteiger partial charge in [0.2, 0.25) is 0 Å². The van der Waals surface area contributed by atoms with Gasteiger partial charge in [0.05, 0.1) is 0 Å². The van der Waals surface area contributed by atoms with E-state index in [0.29, 0.717) is 17.5 Å². The zero-order valence-corrected chi connectivity index (χ0v) is 28.2. The van der Waals surface area contributed by atoms with Crippen LogP contribution in [0.3, 0.4) is 0 Å². The molecule has 0 aliphatic heterocycles. The van der Waals surface area contributed by atoms with E-state index in [-0.39, 0.29) is 0 Å². The summed E-state index contributed by atoms with van der Waals surface area (Å²) in [6.45, 7) is 2.10. The average molecular weight is 658 g/mol. The van der Waals surface area contributed by atoms with Crippen molar-refractivity contribution in [3.8, 4) is 67.5 Å².